The largest absolute Gasteiger partial charge is 0.338 e. The fourth-order valence-electron chi connectivity index (χ4n) is 2.76. The standard InChI is InChI=1S/C15H23N5O/c1-10(2)13-18-15(21-19-13)11(3)17-9-12-5-4-7-20-8-6-16-14(12)20/h6,8,10-12,17H,4-5,7,9H2,1-3H3/t11-,12+/m1/s1. The van der Waals surface area contributed by atoms with Crippen LogP contribution in [0.15, 0.2) is 16.9 Å². The quantitative estimate of drug-likeness (QED) is 0.916. The Balaban J connectivity index is 1.60. The maximum absolute atomic E-state index is 5.34. The molecule has 1 aliphatic heterocycles. The highest BCUT2D eigenvalue weighted by atomic mass is 16.5. The number of imidazole rings is 1. The van der Waals surface area contributed by atoms with Crippen LogP contribution in [0.3, 0.4) is 0 Å². The summed E-state index contributed by atoms with van der Waals surface area (Å²) in [6.45, 7) is 8.16. The van der Waals surface area contributed by atoms with Crippen molar-refractivity contribution >= 4 is 0 Å². The van der Waals surface area contributed by atoms with Crippen molar-refractivity contribution in [2.45, 2.75) is 58.0 Å². The van der Waals surface area contributed by atoms with Crippen LogP contribution in [0.2, 0.25) is 0 Å². The van der Waals surface area contributed by atoms with Gasteiger partial charge in [0.1, 0.15) is 5.82 Å². The number of aromatic nitrogens is 4. The molecule has 0 radical (unpaired) electrons. The van der Waals surface area contributed by atoms with E-state index in [1.807, 2.05) is 6.20 Å². The van der Waals surface area contributed by atoms with Crippen LogP contribution in [0.5, 0.6) is 0 Å². The fourth-order valence-corrected chi connectivity index (χ4v) is 2.76. The number of aryl methyl sites for hydroxylation is 1. The van der Waals surface area contributed by atoms with Gasteiger partial charge in [0.2, 0.25) is 5.89 Å². The van der Waals surface area contributed by atoms with Crippen LogP contribution < -0.4 is 5.32 Å². The van der Waals surface area contributed by atoms with E-state index in [0.717, 1.165) is 18.9 Å². The van der Waals surface area contributed by atoms with Gasteiger partial charge in [0, 0.05) is 37.3 Å². The summed E-state index contributed by atoms with van der Waals surface area (Å²) in [7, 11) is 0. The third-order valence-electron chi connectivity index (χ3n) is 4.08. The van der Waals surface area contributed by atoms with E-state index in [1.54, 1.807) is 0 Å². The molecule has 0 saturated carbocycles. The second kappa shape index (κ2) is 5.97. The van der Waals surface area contributed by atoms with Gasteiger partial charge in [-0.1, -0.05) is 19.0 Å². The molecular formula is C15H23N5O. The molecule has 0 aromatic carbocycles. The molecule has 3 heterocycles. The molecule has 0 bridgehead atoms. The molecule has 0 fully saturated rings. The van der Waals surface area contributed by atoms with Gasteiger partial charge < -0.3 is 14.4 Å². The summed E-state index contributed by atoms with van der Waals surface area (Å²) in [5.41, 5.74) is 0. The smallest absolute Gasteiger partial charge is 0.243 e. The van der Waals surface area contributed by atoms with E-state index >= 15 is 0 Å². The van der Waals surface area contributed by atoms with Gasteiger partial charge in [-0.3, -0.25) is 0 Å². The summed E-state index contributed by atoms with van der Waals surface area (Å²) < 4.78 is 7.59. The first-order valence-electron chi connectivity index (χ1n) is 7.73. The molecule has 3 rings (SSSR count). The van der Waals surface area contributed by atoms with Gasteiger partial charge in [-0.2, -0.15) is 4.98 Å². The number of rotatable bonds is 5. The lowest BCUT2D eigenvalue weighted by molar-refractivity contribution is 0.325. The average Bonchev–Trinajstić information content (AvgIpc) is 3.13. The minimum absolute atomic E-state index is 0.0651. The van der Waals surface area contributed by atoms with Gasteiger partial charge >= 0.3 is 0 Å². The number of nitrogens with one attached hydrogen (secondary N) is 1. The zero-order chi connectivity index (χ0) is 14.8. The second-order valence-corrected chi connectivity index (χ2v) is 6.09. The van der Waals surface area contributed by atoms with Crippen molar-refractivity contribution in [1.82, 2.24) is 25.0 Å². The van der Waals surface area contributed by atoms with E-state index in [1.165, 1.54) is 18.7 Å². The summed E-state index contributed by atoms with van der Waals surface area (Å²) in [5, 5.41) is 7.52. The topological polar surface area (TPSA) is 68.8 Å². The van der Waals surface area contributed by atoms with Crippen molar-refractivity contribution in [1.29, 1.82) is 0 Å². The van der Waals surface area contributed by atoms with E-state index in [9.17, 15) is 0 Å². The minimum Gasteiger partial charge on any atom is -0.338 e. The fraction of sp³-hybridized carbons (Fsp3) is 0.667. The Morgan fingerprint density at radius 3 is 3.05 bits per heavy atom. The van der Waals surface area contributed by atoms with Gasteiger partial charge in [0.15, 0.2) is 5.82 Å². The Hall–Kier alpha value is -1.69. The third-order valence-corrected chi connectivity index (χ3v) is 4.08. The molecule has 0 aliphatic carbocycles. The summed E-state index contributed by atoms with van der Waals surface area (Å²) >= 11 is 0. The molecule has 2 aromatic rings. The molecule has 6 nitrogen and oxygen atoms in total. The van der Waals surface area contributed by atoms with Gasteiger partial charge in [-0.05, 0) is 19.8 Å². The lowest BCUT2D eigenvalue weighted by Crippen LogP contribution is -2.28. The molecule has 1 aliphatic rings. The second-order valence-electron chi connectivity index (χ2n) is 6.09. The van der Waals surface area contributed by atoms with Crippen molar-refractivity contribution in [3.63, 3.8) is 0 Å². The molecule has 0 spiro atoms. The molecule has 6 heteroatoms. The van der Waals surface area contributed by atoms with Crippen LogP contribution in [-0.2, 0) is 6.54 Å². The minimum atomic E-state index is 0.0651. The lowest BCUT2D eigenvalue weighted by atomic mass is 9.98. The Morgan fingerprint density at radius 2 is 2.29 bits per heavy atom. The van der Waals surface area contributed by atoms with Crippen LogP contribution in [0.25, 0.3) is 0 Å². The summed E-state index contributed by atoms with van der Waals surface area (Å²) in [5.74, 6) is 3.38. The Kier molecular flexibility index (Phi) is 4.05. The summed E-state index contributed by atoms with van der Waals surface area (Å²) in [6.07, 6.45) is 6.35. The SMILES string of the molecule is CC(C)c1noc([C@@H](C)NC[C@@H]2CCCn3ccnc32)n1. The van der Waals surface area contributed by atoms with Crippen molar-refractivity contribution in [3.05, 3.63) is 29.9 Å². The van der Waals surface area contributed by atoms with Gasteiger partial charge in [0.25, 0.3) is 0 Å². The number of nitrogens with zero attached hydrogens (tertiary/aromatic N) is 4. The van der Waals surface area contributed by atoms with Crippen molar-refractivity contribution in [2.24, 2.45) is 0 Å². The van der Waals surface area contributed by atoms with Crippen LogP contribution in [0, 0.1) is 0 Å². The van der Waals surface area contributed by atoms with Crippen LogP contribution >= 0.6 is 0 Å². The molecular weight excluding hydrogens is 266 g/mol. The first-order valence-corrected chi connectivity index (χ1v) is 7.73. The number of fused-ring (bicyclic) bond motifs is 1. The summed E-state index contributed by atoms with van der Waals surface area (Å²) in [6, 6.07) is 0.0651. The average molecular weight is 289 g/mol. The molecule has 2 aromatic heterocycles. The maximum atomic E-state index is 5.34. The maximum Gasteiger partial charge on any atom is 0.243 e. The van der Waals surface area contributed by atoms with E-state index in [-0.39, 0.29) is 6.04 Å². The van der Waals surface area contributed by atoms with E-state index in [2.05, 4.69) is 52.0 Å². The summed E-state index contributed by atoms with van der Waals surface area (Å²) in [4.78, 5) is 8.93. The highest BCUT2D eigenvalue weighted by molar-refractivity contribution is 5.05. The molecule has 0 saturated heterocycles. The van der Waals surface area contributed by atoms with Crippen LogP contribution in [0.1, 0.15) is 69.0 Å². The molecule has 0 amide bonds. The molecule has 1 N–H and O–H groups in total. The monoisotopic (exact) mass is 289 g/mol. The molecule has 21 heavy (non-hydrogen) atoms. The van der Waals surface area contributed by atoms with E-state index in [0.29, 0.717) is 17.7 Å². The molecule has 114 valence electrons. The lowest BCUT2D eigenvalue weighted by Gasteiger charge is -2.24. The molecule has 0 unspecified atom stereocenters. The van der Waals surface area contributed by atoms with Gasteiger partial charge in [-0.15, -0.1) is 0 Å². The van der Waals surface area contributed by atoms with Crippen LogP contribution in [-0.4, -0.2) is 26.2 Å². The van der Waals surface area contributed by atoms with Crippen LogP contribution in [0.4, 0.5) is 0 Å². The zero-order valence-electron chi connectivity index (χ0n) is 12.9. The Bertz CT molecular complexity index is 588. The highest BCUT2D eigenvalue weighted by Crippen LogP contribution is 2.25. The molecule has 2 atom stereocenters. The predicted molar refractivity (Wildman–Crippen MR) is 79.0 cm³/mol. The zero-order valence-corrected chi connectivity index (χ0v) is 12.9. The third kappa shape index (κ3) is 3.00. The highest BCUT2D eigenvalue weighted by Gasteiger charge is 2.23. The van der Waals surface area contributed by atoms with E-state index in [4.69, 9.17) is 4.52 Å². The van der Waals surface area contributed by atoms with Crippen molar-refractivity contribution < 1.29 is 4.52 Å². The number of hydrogen-bond donors (Lipinski definition) is 1. The normalized spacial score (nSPS) is 19.7. The Morgan fingerprint density at radius 1 is 1.43 bits per heavy atom. The van der Waals surface area contributed by atoms with Gasteiger partial charge in [-0.25, -0.2) is 4.98 Å². The first kappa shape index (κ1) is 14.3. The van der Waals surface area contributed by atoms with Gasteiger partial charge in [0.05, 0.1) is 6.04 Å². The Labute approximate surface area is 125 Å². The number of hydrogen-bond acceptors (Lipinski definition) is 5. The predicted octanol–water partition coefficient (Wildman–Crippen LogP) is 2.62. The van der Waals surface area contributed by atoms with E-state index < -0.39 is 0 Å². The van der Waals surface area contributed by atoms with Crippen molar-refractivity contribution in [2.75, 3.05) is 6.54 Å². The first-order chi connectivity index (χ1) is 10.1. The van der Waals surface area contributed by atoms with Crippen molar-refractivity contribution in [3.8, 4) is 0 Å².